The molecule has 204 valence electrons. The zero-order chi connectivity index (χ0) is 27.8. The number of hydrogen-bond acceptors (Lipinski definition) is 5. The van der Waals surface area contributed by atoms with Gasteiger partial charge in [0, 0.05) is 67.5 Å². The van der Waals surface area contributed by atoms with E-state index in [4.69, 9.17) is 9.72 Å². The highest BCUT2D eigenvalue weighted by Crippen LogP contribution is 2.30. The number of benzene rings is 2. The Kier molecular flexibility index (Phi) is 6.86. The van der Waals surface area contributed by atoms with Gasteiger partial charge in [0.1, 0.15) is 17.9 Å². The zero-order valence-corrected chi connectivity index (χ0v) is 23.1. The Labute approximate surface area is 232 Å². The van der Waals surface area contributed by atoms with Crippen LogP contribution in [-0.4, -0.2) is 69.6 Å². The van der Waals surface area contributed by atoms with Crippen LogP contribution >= 0.6 is 0 Å². The summed E-state index contributed by atoms with van der Waals surface area (Å²) in [5.41, 5.74) is 5.52. The lowest BCUT2D eigenvalue weighted by atomic mass is 10.0. The fraction of sp³-hybridized carbons (Fsp3) is 0.281. The molecule has 1 aliphatic rings. The van der Waals surface area contributed by atoms with Gasteiger partial charge in [-0.3, -0.25) is 14.5 Å². The van der Waals surface area contributed by atoms with Gasteiger partial charge in [-0.1, -0.05) is 30.3 Å². The second kappa shape index (κ2) is 10.6. The van der Waals surface area contributed by atoms with E-state index in [2.05, 4.69) is 40.2 Å². The van der Waals surface area contributed by atoms with Crippen molar-refractivity contribution in [2.45, 2.75) is 26.4 Å². The maximum Gasteiger partial charge on any atom is 0.274 e. The number of aromatic nitrogens is 3. The Bertz CT molecular complexity index is 1750. The SMILES string of the molecule is CCn1cc(-c2ccc(-c3ccc4cc(OCCN5CCN(C)C(=O)[C@H]5C)ccc4n3)cc2)c2cc[nH]c2c1=O. The number of carbonyl (C=O) groups is 1. The third-order valence-electron chi connectivity index (χ3n) is 7.94. The van der Waals surface area contributed by atoms with Crippen molar-refractivity contribution in [2.24, 2.45) is 0 Å². The van der Waals surface area contributed by atoms with Gasteiger partial charge in [-0.2, -0.15) is 0 Å². The van der Waals surface area contributed by atoms with Gasteiger partial charge in [-0.25, -0.2) is 4.98 Å². The third-order valence-corrected chi connectivity index (χ3v) is 7.94. The van der Waals surface area contributed by atoms with Crippen LogP contribution in [0.2, 0.25) is 0 Å². The van der Waals surface area contributed by atoms with Crippen LogP contribution in [0.25, 0.3) is 44.2 Å². The van der Waals surface area contributed by atoms with E-state index >= 15 is 0 Å². The first-order chi connectivity index (χ1) is 19.4. The van der Waals surface area contributed by atoms with Crippen molar-refractivity contribution in [3.63, 3.8) is 0 Å². The summed E-state index contributed by atoms with van der Waals surface area (Å²) in [6.07, 6.45) is 3.75. The minimum atomic E-state index is -0.114. The van der Waals surface area contributed by atoms with Gasteiger partial charge in [-0.05, 0) is 49.7 Å². The second-order valence-corrected chi connectivity index (χ2v) is 10.3. The molecule has 1 aliphatic heterocycles. The molecule has 40 heavy (non-hydrogen) atoms. The molecule has 4 heterocycles. The third kappa shape index (κ3) is 4.75. The monoisotopic (exact) mass is 535 g/mol. The van der Waals surface area contributed by atoms with Crippen molar-refractivity contribution in [3.05, 3.63) is 83.4 Å². The Hall–Kier alpha value is -4.43. The molecular formula is C32H33N5O3. The number of amides is 1. The molecule has 0 aliphatic carbocycles. The minimum Gasteiger partial charge on any atom is -0.492 e. The van der Waals surface area contributed by atoms with Crippen molar-refractivity contribution >= 4 is 27.7 Å². The molecule has 1 amide bonds. The van der Waals surface area contributed by atoms with Crippen LogP contribution in [0.3, 0.4) is 0 Å². The van der Waals surface area contributed by atoms with Crippen molar-refractivity contribution in [1.29, 1.82) is 0 Å². The molecule has 5 aromatic rings. The Morgan fingerprint density at radius 2 is 1.80 bits per heavy atom. The number of H-pyrrole nitrogens is 1. The summed E-state index contributed by atoms with van der Waals surface area (Å²) in [6, 6.07) is 20.2. The zero-order valence-electron chi connectivity index (χ0n) is 23.1. The number of aromatic amines is 1. The number of rotatable bonds is 7. The molecule has 2 aromatic carbocycles. The molecule has 0 spiro atoms. The Balaban J connectivity index is 1.17. The average Bonchev–Trinajstić information content (AvgIpc) is 3.48. The lowest BCUT2D eigenvalue weighted by Crippen LogP contribution is -2.55. The van der Waals surface area contributed by atoms with Crippen molar-refractivity contribution < 1.29 is 9.53 Å². The van der Waals surface area contributed by atoms with Gasteiger partial charge in [-0.15, -0.1) is 0 Å². The Morgan fingerprint density at radius 3 is 2.60 bits per heavy atom. The molecule has 1 saturated heterocycles. The van der Waals surface area contributed by atoms with Crippen molar-refractivity contribution in [2.75, 3.05) is 33.3 Å². The van der Waals surface area contributed by atoms with E-state index < -0.39 is 0 Å². The van der Waals surface area contributed by atoms with Crippen LogP contribution in [0.1, 0.15) is 13.8 Å². The van der Waals surface area contributed by atoms with E-state index in [9.17, 15) is 9.59 Å². The van der Waals surface area contributed by atoms with Crippen molar-refractivity contribution in [1.82, 2.24) is 24.3 Å². The summed E-state index contributed by atoms with van der Waals surface area (Å²) < 4.78 is 7.76. The molecule has 1 atom stereocenters. The number of nitrogens with zero attached hydrogens (tertiary/aromatic N) is 4. The number of likely N-dealkylation sites (N-methyl/N-ethyl adjacent to an activating group) is 1. The Morgan fingerprint density at radius 1 is 1.00 bits per heavy atom. The van der Waals surface area contributed by atoms with Crippen molar-refractivity contribution in [3.8, 4) is 28.1 Å². The number of pyridine rings is 2. The summed E-state index contributed by atoms with van der Waals surface area (Å²) in [5.74, 6) is 0.956. The normalized spacial score (nSPS) is 16.2. The van der Waals surface area contributed by atoms with E-state index in [0.717, 1.165) is 57.5 Å². The molecule has 6 rings (SSSR count). The lowest BCUT2D eigenvalue weighted by Gasteiger charge is -2.37. The number of piperazine rings is 1. The van der Waals surface area contributed by atoms with E-state index in [1.807, 2.05) is 63.6 Å². The largest absolute Gasteiger partial charge is 0.492 e. The molecular weight excluding hydrogens is 502 g/mol. The molecule has 3 aromatic heterocycles. The van der Waals surface area contributed by atoms with Crippen LogP contribution in [0.5, 0.6) is 5.75 Å². The average molecular weight is 536 g/mol. The predicted molar refractivity (Wildman–Crippen MR) is 159 cm³/mol. The standard InChI is InChI=1S/C32H33N5O3/c1-4-36-20-27(26-13-14-33-30(26)32(36)39)22-5-7-23(8-6-22)28-11-9-24-19-25(10-12-29(24)34-28)40-18-17-37-16-15-35(3)31(38)21(37)2/h5-14,19-21,33H,4,15-18H2,1-3H3/t21-/m1/s1. The summed E-state index contributed by atoms with van der Waals surface area (Å²) in [6.45, 7) is 7.39. The lowest BCUT2D eigenvalue weighted by molar-refractivity contribution is -0.139. The number of hydrogen-bond donors (Lipinski definition) is 1. The number of carbonyl (C=O) groups excluding carboxylic acids is 1. The fourth-order valence-corrected chi connectivity index (χ4v) is 5.48. The number of ether oxygens (including phenoxy) is 1. The molecule has 0 saturated carbocycles. The maximum atomic E-state index is 12.6. The van der Waals surface area contributed by atoms with E-state index in [1.165, 1.54) is 0 Å². The van der Waals surface area contributed by atoms with Crippen LogP contribution < -0.4 is 10.3 Å². The van der Waals surface area contributed by atoms with Gasteiger partial charge in [0.25, 0.3) is 5.56 Å². The highest BCUT2D eigenvalue weighted by Gasteiger charge is 2.28. The first-order valence-corrected chi connectivity index (χ1v) is 13.8. The fourth-order valence-electron chi connectivity index (χ4n) is 5.48. The minimum absolute atomic E-state index is 0.00194. The smallest absolute Gasteiger partial charge is 0.274 e. The summed E-state index contributed by atoms with van der Waals surface area (Å²) >= 11 is 0. The molecule has 1 fully saturated rings. The maximum absolute atomic E-state index is 12.6. The highest BCUT2D eigenvalue weighted by molar-refractivity contribution is 5.94. The van der Waals surface area contributed by atoms with E-state index in [1.54, 1.807) is 9.47 Å². The number of nitrogens with one attached hydrogen (secondary N) is 1. The van der Waals surface area contributed by atoms with E-state index in [0.29, 0.717) is 25.2 Å². The van der Waals surface area contributed by atoms with Crippen LogP contribution in [0.15, 0.2) is 77.9 Å². The highest BCUT2D eigenvalue weighted by atomic mass is 16.5. The van der Waals surface area contributed by atoms with E-state index in [-0.39, 0.29) is 17.5 Å². The predicted octanol–water partition coefficient (Wildman–Crippen LogP) is 4.77. The quantitative estimate of drug-likeness (QED) is 0.325. The molecule has 0 unspecified atom stereocenters. The van der Waals surface area contributed by atoms with Gasteiger partial charge in [0.2, 0.25) is 5.91 Å². The molecule has 8 heteroatoms. The van der Waals surface area contributed by atoms with Gasteiger partial charge < -0.3 is 19.2 Å². The summed E-state index contributed by atoms with van der Waals surface area (Å²) in [5, 5.41) is 1.94. The van der Waals surface area contributed by atoms with Gasteiger partial charge >= 0.3 is 0 Å². The van der Waals surface area contributed by atoms with Gasteiger partial charge in [0.05, 0.1) is 17.3 Å². The second-order valence-electron chi connectivity index (χ2n) is 10.3. The van der Waals surface area contributed by atoms with Crippen LogP contribution in [-0.2, 0) is 11.3 Å². The number of fused-ring (bicyclic) bond motifs is 2. The topological polar surface area (TPSA) is 83.5 Å². The van der Waals surface area contributed by atoms with Crippen LogP contribution in [0, 0.1) is 0 Å². The van der Waals surface area contributed by atoms with Gasteiger partial charge in [0.15, 0.2) is 0 Å². The summed E-state index contributed by atoms with van der Waals surface area (Å²) in [7, 11) is 1.85. The molecule has 0 radical (unpaired) electrons. The number of aryl methyl sites for hydroxylation is 1. The molecule has 8 nitrogen and oxygen atoms in total. The first kappa shape index (κ1) is 25.8. The summed E-state index contributed by atoms with van der Waals surface area (Å²) in [4.78, 5) is 36.8. The molecule has 0 bridgehead atoms. The van der Waals surface area contributed by atoms with Crippen LogP contribution in [0.4, 0.5) is 0 Å². The molecule has 1 N–H and O–H groups in total. The first-order valence-electron chi connectivity index (χ1n) is 13.8.